The molecule has 2 unspecified atom stereocenters. The maximum atomic E-state index is 12.9. The lowest BCUT2D eigenvalue weighted by Gasteiger charge is -2.26. The van der Waals surface area contributed by atoms with Crippen LogP contribution in [0.3, 0.4) is 0 Å². The number of hydrogen-bond donors (Lipinski definition) is 0. The maximum Gasteiger partial charge on any atom is 0.306 e. The Morgan fingerprint density at radius 1 is 0.341 bits per heavy atom. The molecule has 91 heavy (non-hydrogen) atoms. The Hall–Kier alpha value is -5.35. The van der Waals surface area contributed by atoms with E-state index in [2.05, 4.69) is 184 Å². The summed E-state index contributed by atoms with van der Waals surface area (Å²) in [5.74, 6) is -2.32. The van der Waals surface area contributed by atoms with Crippen molar-refractivity contribution in [1.29, 1.82) is 0 Å². The van der Waals surface area contributed by atoms with Gasteiger partial charge in [-0.3, -0.25) is 9.59 Å². The average molecular weight is 1260 g/mol. The van der Waals surface area contributed by atoms with Gasteiger partial charge in [0.25, 0.3) is 0 Å². The van der Waals surface area contributed by atoms with Crippen LogP contribution in [0.25, 0.3) is 0 Å². The Morgan fingerprint density at radius 2 is 0.626 bits per heavy atom. The van der Waals surface area contributed by atoms with Crippen LogP contribution in [-0.4, -0.2) is 82.3 Å². The van der Waals surface area contributed by atoms with Gasteiger partial charge in [0.15, 0.2) is 12.4 Å². The fraction of sp³-hybridized carbons (Fsp3) is 0.622. The van der Waals surface area contributed by atoms with Crippen LogP contribution >= 0.6 is 0 Å². The molecular formula is C82H133NO8. The lowest BCUT2D eigenvalue weighted by molar-refractivity contribution is -0.870. The van der Waals surface area contributed by atoms with Gasteiger partial charge in [0, 0.05) is 12.8 Å². The summed E-state index contributed by atoms with van der Waals surface area (Å²) in [6, 6.07) is 0. The van der Waals surface area contributed by atoms with E-state index in [1.807, 2.05) is 21.1 Å². The summed E-state index contributed by atoms with van der Waals surface area (Å²) in [5, 5.41) is 11.8. The Bertz CT molecular complexity index is 2100. The number of ether oxygens (including phenoxy) is 4. The number of allylic oxidation sites excluding steroid dienone is 28. The summed E-state index contributed by atoms with van der Waals surface area (Å²) in [6.45, 7) is 4.60. The zero-order valence-electron chi connectivity index (χ0n) is 58.6. The van der Waals surface area contributed by atoms with Gasteiger partial charge in [-0.1, -0.05) is 293 Å². The molecule has 0 spiro atoms. The third-order valence-corrected chi connectivity index (χ3v) is 14.9. The number of carbonyl (C=O) groups is 3. The van der Waals surface area contributed by atoms with Gasteiger partial charge in [0.1, 0.15) is 13.2 Å². The van der Waals surface area contributed by atoms with E-state index in [0.29, 0.717) is 17.4 Å². The number of carbonyl (C=O) groups excluding carboxylic acids is 3. The first-order valence-corrected chi connectivity index (χ1v) is 36.3. The first kappa shape index (κ1) is 85.7. The van der Waals surface area contributed by atoms with Crippen LogP contribution in [-0.2, 0) is 33.3 Å². The Kier molecular flexibility index (Phi) is 66.4. The minimum Gasteiger partial charge on any atom is -0.545 e. The van der Waals surface area contributed by atoms with Gasteiger partial charge in [-0.2, -0.15) is 0 Å². The Labute approximate surface area is 558 Å². The highest BCUT2D eigenvalue weighted by Crippen LogP contribution is 2.15. The second-order valence-electron chi connectivity index (χ2n) is 24.8. The van der Waals surface area contributed by atoms with Crippen molar-refractivity contribution in [3.8, 4) is 0 Å². The molecule has 0 aliphatic carbocycles. The molecule has 0 amide bonds. The highest BCUT2D eigenvalue weighted by molar-refractivity contribution is 5.70. The van der Waals surface area contributed by atoms with E-state index in [-0.39, 0.29) is 38.6 Å². The number of rotatable bonds is 65. The third kappa shape index (κ3) is 71.9. The lowest BCUT2D eigenvalue weighted by atomic mass is 10.1. The zero-order chi connectivity index (χ0) is 66.1. The highest BCUT2D eigenvalue weighted by atomic mass is 16.7. The molecule has 0 aromatic rings. The third-order valence-electron chi connectivity index (χ3n) is 14.9. The summed E-state index contributed by atoms with van der Waals surface area (Å²) >= 11 is 0. The van der Waals surface area contributed by atoms with E-state index in [1.165, 1.54) is 96.3 Å². The molecule has 0 aromatic heterocycles. The van der Waals surface area contributed by atoms with Gasteiger partial charge < -0.3 is 33.3 Å². The second kappa shape index (κ2) is 70.5. The topological polar surface area (TPSA) is 111 Å². The van der Waals surface area contributed by atoms with E-state index in [9.17, 15) is 19.5 Å². The van der Waals surface area contributed by atoms with Crippen LogP contribution in [0.4, 0.5) is 0 Å². The summed E-state index contributed by atoms with van der Waals surface area (Å²) < 4.78 is 22.8. The quantitative estimate of drug-likeness (QED) is 0.0195. The molecule has 0 saturated carbocycles. The first-order valence-electron chi connectivity index (χ1n) is 36.3. The number of hydrogen-bond acceptors (Lipinski definition) is 8. The maximum absolute atomic E-state index is 12.9. The van der Waals surface area contributed by atoms with Crippen molar-refractivity contribution < 1.29 is 42.9 Å². The van der Waals surface area contributed by atoms with Gasteiger partial charge >= 0.3 is 11.9 Å². The van der Waals surface area contributed by atoms with Crippen LogP contribution in [0.1, 0.15) is 271 Å². The SMILES string of the molecule is CC/C=C\C/C=C\C/C=C\C/C=C\C/C=C\C/C=C\C/C=C\C/C=C\C/C=C\C/C=C\C/C=C\CCCCCCCCCC(=O)OC(COC(=O)CCCCCCCCCCCC/C=C\C/C=C\C/C=C\CCCCCCC)COC(OCC[N+](C)(C)C)C(=O)[O-]. The molecular weight excluding hydrogens is 1130 g/mol. The highest BCUT2D eigenvalue weighted by Gasteiger charge is 2.22. The largest absolute Gasteiger partial charge is 0.545 e. The molecule has 0 saturated heterocycles. The number of nitrogens with zero attached hydrogens (tertiary/aromatic N) is 1. The number of unbranched alkanes of at least 4 members (excludes halogenated alkanes) is 22. The summed E-state index contributed by atoms with van der Waals surface area (Å²) in [4.78, 5) is 37.5. The molecule has 0 heterocycles. The van der Waals surface area contributed by atoms with Crippen molar-refractivity contribution in [2.24, 2.45) is 0 Å². The number of esters is 2. The Balaban J connectivity index is 4.20. The first-order chi connectivity index (χ1) is 44.6. The van der Waals surface area contributed by atoms with E-state index in [0.717, 1.165) is 141 Å². The predicted octanol–water partition coefficient (Wildman–Crippen LogP) is 21.7. The van der Waals surface area contributed by atoms with Crippen LogP contribution in [0.5, 0.6) is 0 Å². The van der Waals surface area contributed by atoms with Crippen molar-refractivity contribution in [2.75, 3.05) is 47.5 Å². The summed E-state index contributed by atoms with van der Waals surface area (Å²) in [5.41, 5.74) is 0. The van der Waals surface area contributed by atoms with Gasteiger partial charge in [-0.15, -0.1) is 0 Å². The molecule has 2 atom stereocenters. The van der Waals surface area contributed by atoms with Crippen molar-refractivity contribution in [1.82, 2.24) is 0 Å². The van der Waals surface area contributed by atoms with Crippen molar-refractivity contribution >= 4 is 17.9 Å². The number of carboxylic acids is 1. The predicted molar refractivity (Wildman–Crippen MR) is 388 cm³/mol. The molecule has 0 aliphatic rings. The fourth-order valence-electron chi connectivity index (χ4n) is 9.43. The molecule has 0 radical (unpaired) electrons. The van der Waals surface area contributed by atoms with Crippen LogP contribution < -0.4 is 5.11 Å². The molecule has 0 rings (SSSR count). The minimum absolute atomic E-state index is 0.136. The van der Waals surface area contributed by atoms with Gasteiger partial charge in [0.2, 0.25) is 0 Å². The monoisotopic (exact) mass is 1260 g/mol. The smallest absolute Gasteiger partial charge is 0.306 e. The van der Waals surface area contributed by atoms with E-state index in [1.54, 1.807) is 0 Å². The molecule has 0 aromatic carbocycles. The van der Waals surface area contributed by atoms with Gasteiger partial charge in [-0.25, -0.2) is 0 Å². The number of likely N-dealkylation sites (N-methyl/N-ethyl adjacent to an activating group) is 1. The van der Waals surface area contributed by atoms with Gasteiger partial charge in [-0.05, 0) is 135 Å². The summed E-state index contributed by atoms with van der Waals surface area (Å²) in [7, 11) is 5.91. The molecule has 514 valence electrons. The second-order valence-corrected chi connectivity index (χ2v) is 24.8. The van der Waals surface area contributed by atoms with Crippen molar-refractivity contribution in [2.45, 2.75) is 283 Å². The summed E-state index contributed by atoms with van der Waals surface area (Å²) in [6.07, 6.45) is 103. The van der Waals surface area contributed by atoms with Crippen LogP contribution in [0, 0.1) is 0 Å². The molecule has 0 N–H and O–H groups in total. The molecule has 9 nitrogen and oxygen atoms in total. The number of quaternary nitrogens is 1. The molecule has 0 bridgehead atoms. The standard InChI is InChI=1S/C82H133NO8/c1-6-8-10-12-14-16-18-20-22-24-26-28-30-32-33-34-35-36-37-38-39-40-41-42-43-44-45-46-47-49-51-53-55-57-59-61-63-65-67-69-71-73-80(85)91-78(77-90-82(81(86)87)88-75-74-83(3,4)5)76-89-79(84)72-70-68-66-64-62-60-58-56-54-52-50-48-31-29-27-25-23-21-19-17-15-13-11-9-7-2/h8,10,14,16,19-22,25-28,31-33,35-36,38-39,41-42,44-45,47-49,53,55,78,82H,6-7,9,11-13,15,17-18,23-24,29-30,34,37,40,43,46,50-52,54,56-77H2,1-5H3/b10-8-,16-14-,21-19-,22-20-,27-25-,28-26-,33-32-,36-35-,39-38-,42-41-,45-44-,48-31-,49-47-,55-53-. The number of aliphatic carboxylic acids is 1. The van der Waals surface area contributed by atoms with Crippen LogP contribution in [0.15, 0.2) is 170 Å². The Morgan fingerprint density at radius 3 is 0.934 bits per heavy atom. The zero-order valence-corrected chi connectivity index (χ0v) is 58.6. The molecule has 0 aliphatic heterocycles. The van der Waals surface area contributed by atoms with Crippen molar-refractivity contribution in [3.63, 3.8) is 0 Å². The molecule has 0 fully saturated rings. The van der Waals surface area contributed by atoms with E-state index < -0.39 is 24.3 Å². The average Bonchev–Trinajstić information content (AvgIpc) is 3.53. The van der Waals surface area contributed by atoms with Crippen LogP contribution in [0.2, 0.25) is 0 Å². The van der Waals surface area contributed by atoms with E-state index >= 15 is 0 Å². The van der Waals surface area contributed by atoms with Gasteiger partial charge in [0.05, 0.1) is 40.3 Å². The number of carboxylic acid groups (broad SMARTS) is 1. The normalized spacial score (nSPS) is 13.7. The fourth-order valence-corrected chi connectivity index (χ4v) is 9.43. The molecule has 9 heteroatoms. The van der Waals surface area contributed by atoms with E-state index in [4.69, 9.17) is 18.9 Å². The lowest BCUT2D eigenvalue weighted by Crippen LogP contribution is -2.44. The minimum atomic E-state index is -1.64. The van der Waals surface area contributed by atoms with Crippen molar-refractivity contribution in [3.05, 3.63) is 170 Å².